The molecule has 106 valence electrons. The smallest absolute Gasteiger partial charge is 0.0730 e. The van der Waals surface area contributed by atoms with E-state index in [9.17, 15) is 0 Å². The zero-order valence-corrected chi connectivity index (χ0v) is 12.2. The molecule has 0 spiro atoms. The Bertz CT molecular complexity index is 233. The summed E-state index contributed by atoms with van der Waals surface area (Å²) in [6.45, 7) is 5.66. The lowest BCUT2D eigenvalue weighted by atomic mass is 9.90. The molecule has 18 heavy (non-hydrogen) atoms. The van der Waals surface area contributed by atoms with Crippen molar-refractivity contribution in [3.63, 3.8) is 0 Å². The normalized spacial score (nSPS) is 31.0. The lowest BCUT2D eigenvalue weighted by molar-refractivity contribution is -0.0882. The van der Waals surface area contributed by atoms with Crippen molar-refractivity contribution < 1.29 is 4.74 Å². The van der Waals surface area contributed by atoms with Crippen molar-refractivity contribution in [2.75, 3.05) is 26.7 Å². The van der Waals surface area contributed by atoms with Crippen molar-refractivity contribution in [3.05, 3.63) is 0 Å². The maximum atomic E-state index is 5.92. The van der Waals surface area contributed by atoms with Crippen molar-refractivity contribution in [1.82, 2.24) is 10.2 Å². The van der Waals surface area contributed by atoms with Gasteiger partial charge in [0.2, 0.25) is 0 Å². The summed E-state index contributed by atoms with van der Waals surface area (Å²) < 4.78 is 5.92. The van der Waals surface area contributed by atoms with E-state index >= 15 is 0 Å². The molecule has 1 heterocycles. The molecule has 0 bridgehead atoms. The summed E-state index contributed by atoms with van der Waals surface area (Å²) in [5.74, 6) is 0. The van der Waals surface area contributed by atoms with Crippen LogP contribution in [0.15, 0.2) is 0 Å². The molecule has 3 heteroatoms. The minimum absolute atomic E-state index is 0.545. The largest absolute Gasteiger partial charge is 0.375 e. The van der Waals surface area contributed by atoms with E-state index < -0.39 is 0 Å². The Hall–Kier alpha value is -0.120. The van der Waals surface area contributed by atoms with Gasteiger partial charge < -0.3 is 10.1 Å². The highest BCUT2D eigenvalue weighted by atomic mass is 16.5. The third kappa shape index (κ3) is 3.94. The van der Waals surface area contributed by atoms with Crippen LogP contribution in [0.1, 0.15) is 51.9 Å². The average Bonchev–Trinajstić information content (AvgIpc) is 2.43. The highest BCUT2D eigenvalue weighted by Crippen LogP contribution is 2.28. The molecule has 1 saturated carbocycles. The summed E-state index contributed by atoms with van der Waals surface area (Å²) in [7, 11) is 2.05. The molecule has 3 nitrogen and oxygen atoms in total. The number of hydrogen-bond donors (Lipinski definition) is 1. The molecule has 1 saturated heterocycles. The van der Waals surface area contributed by atoms with Crippen LogP contribution in [0.5, 0.6) is 0 Å². The first-order valence-electron chi connectivity index (χ1n) is 7.84. The van der Waals surface area contributed by atoms with Crippen molar-refractivity contribution in [2.45, 2.75) is 70.1 Å². The third-order valence-electron chi connectivity index (χ3n) is 4.67. The monoisotopic (exact) mass is 254 g/mol. The second-order valence-corrected chi connectivity index (χ2v) is 5.98. The van der Waals surface area contributed by atoms with Crippen LogP contribution >= 0.6 is 0 Å². The predicted octanol–water partition coefficient (Wildman–Crippen LogP) is 2.41. The molecular weight excluding hydrogens is 224 g/mol. The Balaban J connectivity index is 1.67. The van der Waals surface area contributed by atoms with Gasteiger partial charge in [-0.1, -0.05) is 19.3 Å². The topological polar surface area (TPSA) is 24.5 Å². The number of rotatable bonds is 6. The molecule has 1 aliphatic carbocycles. The Morgan fingerprint density at radius 2 is 2.11 bits per heavy atom. The molecule has 0 aromatic heterocycles. The van der Waals surface area contributed by atoms with Gasteiger partial charge in [0.1, 0.15) is 0 Å². The van der Waals surface area contributed by atoms with Crippen LogP contribution in [0, 0.1) is 0 Å². The lowest BCUT2D eigenvalue weighted by Crippen LogP contribution is -2.52. The summed E-state index contributed by atoms with van der Waals surface area (Å²) in [6.07, 6.45) is 9.95. The first-order valence-corrected chi connectivity index (χ1v) is 7.84. The zero-order valence-electron chi connectivity index (χ0n) is 12.2. The molecule has 0 radical (unpaired) electrons. The van der Waals surface area contributed by atoms with E-state index in [4.69, 9.17) is 4.74 Å². The second-order valence-electron chi connectivity index (χ2n) is 5.98. The van der Waals surface area contributed by atoms with E-state index in [-0.39, 0.29) is 0 Å². The molecule has 2 rings (SSSR count). The van der Waals surface area contributed by atoms with Gasteiger partial charge in [-0.2, -0.15) is 0 Å². The van der Waals surface area contributed by atoms with Crippen molar-refractivity contribution in [1.29, 1.82) is 0 Å². The van der Waals surface area contributed by atoms with Crippen LogP contribution in [-0.2, 0) is 4.74 Å². The van der Waals surface area contributed by atoms with Crippen LogP contribution in [0.3, 0.4) is 0 Å². The molecule has 2 fully saturated rings. The SMILES string of the molecule is CNC(C)CCCCN1CCOC2CCCCC21. The molecular formula is C15H30N2O. The molecule has 0 aromatic carbocycles. The Labute approximate surface area is 112 Å². The Morgan fingerprint density at radius 1 is 1.28 bits per heavy atom. The van der Waals surface area contributed by atoms with Gasteiger partial charge in [0.15, 0.2) is 0 Å². The lowest BCUT2D eigenvalue weighted by Gasteiger charge is -2.44. The minimum atomic E-state index is 0.545. The summed E-state index contributed by atoms with van der Waals surface area (Å²) in [4.78, 5) is 2.71. The number of nitrogens with one attached hydrogen (secondary N) is 1. The van der Waals surface area contributed by atoms with Gasteiger partial charge in [-0.05, 0) is 46.2 Å². The number of nitrogens with zero attached hydrogens (tertiary/aromatic N) is 1. The molecule has 1 N–H and O–H groups in total. The van der Waals surface area contributed by atoms with Gasteiger partial charge in [0.05, 0.1) is 12.7 Å². The second kappa shape index (κ2) is 7.46. The van der Waals surface area contributed by atoms with E-state index in [2.05, 4.69) is 24.2 Å². The van der Waals surface area contributed by atoms with Crippen LogP contribution < -0.4 is 5.32 Å². The predicted molar refractivity (Wildman–Crippen MR) is 75.9 cm³/mol. The number of morpholine rings is 1. The van der Waals surface area contributed by atoms with E-state index in [1.54, 1.807) is 0 Å². The van der Waals surface area contributed by atoms with Crippen molar-refractivity contribution in [3.8, 4) is 0 Å². The van der Waals surface area contributed by atoms with Crippen molar-refractivity contribution in [2.24, 2.45) is 0 Å². The number of ether oxygens (including phenoxy) is 1. The molecule has 3 unspecified atom stereocenters. The first kappa shape index (κ1) is 14.3. The van der Waals surface area contributed by atoms with Crippen LogP contribution in [0.4, 0.5) is 0 Å². The highest BCUT2D eigenvalue weighted by Gasteiger charge is 2.33. The van der Waals surface area contributed by atoms with Gasteiger partial charge in [-0.3, -0.25) is 4.90 Å². The summed E-state index contributed by atoms with van der Waals surface area (Å²) in [6, 6.07) is 1.39. The fraction of sp³-hybridized carbons (Fsp3) is 1.00. The highest BCUT2D eigenvalue weighted by molar-refractivity contribution is 4.87. The van der Waals surface area contributed by atoms with E-state index in [1.165, 1.54) is 51.5 Å². The summed E-state index contributed by atoms with van der Waals surface area (Å²) in [5.41, 5.74) is 0. The molecule has 3 atom stereocenters. The van der Waals surface area contributed by atoms with Gasteiger partial charge in [-0.25, -0.2) is 0 Å². The zero-order chi connectivity index (χ0) is 12.8. The third-order valence-corrected chi connectivity index (χ3v) is 4.67. The quantitative estimate of drug-likeness (QED) is 0.737. The Morgan fingerprint density at radius 3 is 2.94 bits per heavy atom. The summed E-state index contributed by atoms with van der Waals surface area (Å²) >= 11 is 0. The molecule has 1 aliphatic heterocycles. The van der Waals surface area contributed by atoms with Gasteiger partial charge in [0.25, 0.3) is 0 Å². The molecule has 2 aliphatic rings. The Kier molecular flexibility index (Phi) is 5.93. The van der Waals surface area contributed by atoms with Gasteiger partial charge in [-0.15, -0.1) is 0 Å². The first-order chi connectivity index (χ1) is 8.81. The van der Waals surface area contributed by atoms with E-state index in [0.717, 1.165) is 19.2 Å². The van der Waals surface area contributed by atoms with Gasteiger partial charge in [0, 0.05) is 18.6 Å². The van der Waals surface area contributed by atoms with Crippen LogP contribution in [0.25, 0.3) is 0 Å². The van der Waals surface area contributed by atoms with Crippen LogP contribution in [0.2, 0.25) is 0 Å². The fourth-order valence-corrected chi connectivity index (χ4v) is 3.36. The standard InChI is InChI=1S/C15H30N2O/c1-13(16-2)7-5-6-10-17-11-12-18-15-9-4-3-8-14(15)17/h13-16H,3-12H2,1-2H3. The van der Waals surface area contributed by atoms with Crippen LogP contribution in [-0.4, -0.2) is 49.8 Å². The maximum Gasteiger partial charge on any atom is 0.0730 e. The molecule has 0 aromatic rings. The summed E-state index contributed by atoms with van der Waals surface area (Å²) in [5, 5.41) is 3.32. The van der Waals surface area contributed by atoms with E-state index in [1.807, 2.05) is 0 Å². The fourth-order valence-electron chi connectivity index (χ4n) is 3.36. The number of fused-ring (bicyclic) bond motifs is 1. The maximum absolute atomic E-state index is 5.92. The van der Waals surface area contributed by atoms with Gasteiger partial charge >= 0.3 is 0 Å². The average molecular weight is 254 g/mol. The van der Waals surface area contributed by atoms with Crippen molar-refractivity contribution >= 4 is 0 Å². The van der Waals surface area contributed by atoms with E-state index in [0.29, 0.717) is 12.1 Å². The molecule has 0 amide bonds. The number of unbranched alkanes of at least 4 members (excludes halogenated alkanes) is 1. The minimum Gasteiger partial charge on any atom is -0.375 e. The number of hydrogen-bond acceptors (Lipinski definition) is 3.